The molecule has 2 atom stereocenters. The van der Waals surface area contributed by atoms with E-state index in [2.05, 4.69) is 0 Å². The molecule has 1 aromatic rings. The molecule has 0 aromatic heterocycles. The number of halogens is 3. The summed E-state index contributed by atoms with van der Waals surface area (Å²) in [6.07, 6.45) is -4.41. The molecule has 0 saturated carbocycles. The maximum Gasteiger partial charge on any atom is 0.393 e. The minimum atomic E-state index is -4.18. The fourth-order valence-electron chi connectivity index (χ4n) is 2.66. The Kier molecular flexibility index (Phi) is 5.85. The van der Waals surface area contributed by atoms with Gasteiger partial charge in [-0.05, 0) is 43.7 Å². The number of β-amino-alcohol motifs (C(OH)–C–C–N with tert-alkyl or cyclic N) is 1. The van der Waals surface area contributed by atoms with Crippen molar-refractivity contribution in [1.29, 1.82) is 5.26 Å². The number of rotatable bonds is 5. The molecule has 0 radical (unpaired) electrons. The van der Waals surface area contributed by atoms with Crippen molar-refractivity contribution in [3.8, 4) is 11.8 Å². The van der Waals surface area contributed by atoms with Crippen molar-refractivity contribution in [3.05, 3.63) is 29.8 Å². The van der Waals surface area contributed by atoms with Gasteiger partial charge in [0.05, 0.1) is 17.6 Å². The van der Waals surface area contributed by atoms with Crippen LogP contribution in [0.15, 0.2) is 24.3 Å². The van der Waals surface area contributed by atoms with E-state index >= 15 is 0 Å². The predicted molar refractivity (Wildman–Crippen MR) is 77.9 cm³/mol. The second-order valence-corrected chi connectivity index (χ2v) is 5.74. The van der Waals surface area contributed by atoms with Gasteiger partial charge in [0.2, 0.25) is 0 Å². The fraction of sp³-hybridized carbons (Fsp3) is 0.562. The van der Waals surface area contributed by atoms with Crippen LogP contribution in [-0.2, 0) is 0 Å². The van der Waals surface area contributed by atoms with Gasteiger partial charge >= 0.3 is 6.18 Å². The second kappa shape index (κ2) is 7.66. The highest BCUT2D eigenvalue weighted by atomic mass is 19.4. The van der Waals surface area contributed by atoms with Gasteiger partial charge in [-0.3, -0.25) is 0 Å². The zero-order valence-electron chi connectivity index (χ0n) is 12.6. The molecular formula is C16H19F3N2O2. The van der Waals surface area contributed by atoms with Crippen molar-refractivity contribution in [2.75, 3.05) is 26.2 Å². The number of benzene rings is 1. The predicted octanol–water partition coefficient (Wildman–Crippen LogP) is 2.57. The van der Waals surface area contributed by atoms with Crippen LogP contribution in [0.2, 0.25) is 0 Å². The van der Waals surface area contributed by atoms with Gasteiger partial charge in [-0.15, -0.1) is 0 Å². The van der Waals surface area contributed by atoms with Crippen LogP contribution < -0.4 is 4.74 Å². The van der Waals surface area contributed by atoms with Crippen molar-refractivity contribution < 1.29 is 23.0 Å². The molecule has 2 unspecified atom stereocenters. The molecule has 1 aliphatic rings. The van der Waals surface area contributed by atoms with E-state index in [1.807, 2.05) is 6.07 Å². The van der Waals surface area contributed by atoms with Crippen LogP contribution in [0, 0.1) is 17.2 Å². The van der Waals surface area contributed by atoms with Crippen molar-refractivity contribution in [2.45, 2.75) is 25.1 Å². The molecule has 126 valence electrons. The van der Waals surface area contributed by atoms with Crippen LogP contribution in [0.25, 0.3) is 0 Å². The highest BCUT2D eigenvalue weighted by Crippen LogP contribution is 2.33. The summed E-state index contributed by atoms with van der Waals surface area (Å²) in [6.45, 7) is 0.639. The van der Waals surface area contributed by atoms with Crippen LogP contribution in [0.5, 0.6) is 5.75 Å². The van der Waals surface area contributed by atoms with Crippen molar-refractivity contribution in [2.24, 2.45) is 5.92 Å². The summed E-state index contributed by atoms with van der Waals surface area (Å²) >= 11 is 0. The monoisotopic (exact) mass is 328 g/mol. The minimum absolute atomic E-state index is 0.000908. The number of ether oxygens (including phenoxy) is 1. The van der Waals surface area contributed by atoms with Gasteiger partial charge in [-0.2, -0.15) is 18.4 Å². The van der Waals surface area contributed by atoms with Crippen molar-refractivity contribution in [3.63, 3.8) is 0 Å². The summed E-state index contributed by atoms with van der Waals surface area (Å²) in [5.41, 5.74) is 0.504. The Morgan fingerprint density at radius 1 is 1.35 bits per heavy atom. The van der Waals surface area contributed by atoms with Crippen LogP contribution >= 0.6 is 0 Å². The Bertz CT molecular complexity index is 540. The Morgan fingerprint density at radius 3 is 2.65 bits per heavy atom. The second-order valence-electron chi connectivity index (χ2n) is 5.74. The molecule has 0 amide bonds. The number of alkyl halides is 3. The molecule has 2 rings (SSSR count). The first-order valence-electron chi connectivity index (χ1n) is 7.48. The standard InChI is InChI=1S/C16H19F3N2O2/c17-16(18,19)13-2-1-7-21(9-13)10-14(22)11-23-15-5-3-12(8-20)4-6-15/h3-6,13-14,22H,1-2,7,9-11H2. The maximum absolute atomic E-state index is 12.7. The van der Waals surface area contributed by atoms with Gasteiger partial charge in [0.1, 0.15) is 18.5 Å². The zero-order valence-corrected chi connectivity index (χ0v) is 12.6. The number of aliphatic hydroxyl groups excluding tert-OH is 1. The van der Waals surface area contributed by atoms with Gasteiger partial charge in [0, 0.05) is 13.1 Å². The first-order chi connectivity index (χ1) is 10.9. The third-order valence-electron chi connectivity index (χ3n) is 3.86. The molecule has 1 N–H and O–H groups in total. The minimum Gasteiger partial charge on any atom is -0.491 e. The Balaban J connectivity index is 1.77. The lowest BCUT2D eigenvalue weighted by atomic mass is 9.97. The molecule has 0 bridgehead atoms. The number of piperidine rings is 1. The Morgan fingerprint density at radius 2 is 2.04 bits per heavy atom. The van der Waals surface area contributed by atoms with Crippen LogP contribution in [0.3, 0.4) is 0 Å². The van der Waals surface area contributed by atoms with E-state index in [0.717, 1.165) is 0 Å². The van der Waals surface area contributed by atoms with E-state index < -0.39 is 18.2 Å². The molecule has 23 heavy (non-hydrogen) atoms. The number of aliphatic hydroxyl groups is 1. The largest absolute Gasteiger partial charge is 0.491 e. The van der Waals surface area contributed by atoms with E-state index in [1.54, 1.807) is 29.2 Å². The topological polar surface area (TPSA) is 56.5 Å². The number of nitriles is 1. The number of hydrogen-bond acceptors (Lipinski definition) is 4. The lowest BCUT2D eigenvalue weighted by molar-refractivity contribution is -0.187. The third-order valence-corrected chi connectivity index (χ3v) is 3.86. The van der Waals surface area contributed by atoms with E-state index in [1.165, 1.54) is 0 Å². The lowest BCUT2D eigenvalue weighted by Crippen LogP contribution is -2.45. The van der Waals surface area contributed by atoms with Gasteiger partial charge in [0.15, 0.2) is 0 Å². The van der Waals surface area contributed by atoms with Crippen LogP contribution in [0.4, 0.5) is 13.2 Å². The first-order valence-corrected chi connectivity index (χ1v) is 7.48. The normalized spacial score (nSPS) is 20.7. The van der Waals surface area contributed by atoms with Crippen LogP contribution in [-0.4, -0.2) is 48.5 Å². The summed E-state index contributed by atoms with van der Waals surface area (Å²) in [5.74, 6) is -0.808. The average Bonchev–Trinajstić information content (AvgIpc) is 2.53. The van der Waals surface area contributed by atoms with E-state index in [-0.39, 0.29) is 26.1 Å². The molecule has 1 saturated heterocycles. The zero-order chi connectivity index (χ0) is 16.9. The molecule has 1 aliphatic heterocycles. The summed E-state index contributed by atoms with van der Waals surface area (Å²) in [5, 5.41) is 18.6. The van der Waals surface area contributed by atoms with E-state index in [0.29, 0.717) is 24.3 Å². The SMILES string of the molecule is N#Cc1ccc(OCC(O)CN2CCCC(C(F)(F)F)C2)cc1. The highest BCUT2D eigenvalue weighted by molar-refractivity contribution is 5.34. The molecule has 1 aromatic carbocycles. The summed E-state index contributed by atoms with van der Waals surface area (Å²) in [7, 11) is 0. The summed E-state index contributed by atoms with van der Waals surface area (Å²) in [6, 6.07) is 8.41. The van der Waals surface area contributed by atoms with Crippen molar-refractivity contribution >= 4 is 0 Å². The molecule has 7 heteroatoms. The van der Waals surface area contributed by atoms with E-state index in [9.17, 15) is 18.3 Å². The van der Waals surface area contributed by atoms with E-state index in [4.69, 9.17) is 10.00 Å². The van der Waals surface area contributed by atoms with Gasteiger partial charge in [-0.1, -0.05) is 0 Å². The summed E-state index contributed by atoms with van der Waals surface area (Å²) < 4.78 is 43.6. The quantitative estimate of drug-likeness (QED) is 0.903. The van der Waals surface area contributed by atoms with Gasteiger partial charge in [0.25, 0.3) is 0 Å². The number of hydrogen-bond donors (Lipinski definition) is 1. The highest BCUT2D eigenvalue weighted by Gasteiger charge is 2.41. The molecule has 1 fully saturated rings. The molecular weight excluding hydrogens is 309 g/mol. The molecule has 0 spiro atoms. The smallest absolute Gasteiger partial charge is 0.393 e. The molecule has 4 nitrogen and oxygen atoms in total. The van der Waals surface area contributed by atoms with Gasteiger partial charge < -0.3 is 14.7 Å². The lowest BCUT2D eigenvalue weighted by Gasteiger charge is -2.34. The number of nitrogens with zero attached hydrogens (tertiary/aromatic N) is 2. The fourth-order valence-corrected chi connectivity index (χ4v) is 2.66. The Hall–Kier alpha value is -1.78. The maximum atomic E-state index is 12.7. The van der Waals surface area contributed by atoms with Crippen molar-refractivity contribution in [1.82, 2.24) is 4.90 Å². The number of likely N-dealkylation sites (tertiary alicyclic amines) is 1. The first kappa shape index (κ1) is 17.6. The summed E-state index contributed by atoms with van der Waals surface area (Å²) in [4.78, 5) is 1.63. The van der Waals surface area contributed by atoms with Gasteiger partial charge in [-0.25, -0.2) is 0 Å². The molecule has 1 heterocycles. The third kappa shape index (κ3) is 5.41. The molecule has 0 aliphatic carbocycles. The van der Waals surface area contributed by atoms with Crippen LogP contribution in [0.1, 0.15) is 18.4 Å². The Labute approximate surface area is 133 Å². The average molecular weight is 328 g/mol.